The molecule has 1 aromatic carbocycles. The van der Waals surface area contributed by atoms with Crippen LogP contribution in [0.4, 0.5) is 4.39 Å². The fourth-order valence-electron chi connectivity index (χ4n) is 2.21. The second-order valence-corrected chi connectivity index (χ2v) is 5.28. The number of amides is 1. The molecule has 0 aliphatic carbocycles. The lowest BCUT2D eigenvalue weighted by Crippen LogP contribution is -2.49. The standard InChI is InChI=1S/C16H18FNO3/c1-16(6-9-21-10-7-16)18-15(20)13-11-12(3-2-8-19)4-5-14(13)17/h4-5,11,19H,6-10H2,1H3,(H,18,20). The van der Waals surface area contributed by atoms with Crippen molar-refractivity contribution in [3.05, 3.63) is 35.1 Å². The van der Waals surface area contributed by atoms with Crippen LogP contribution in [0.5, 0.6) is 0 Å². The van der Waals surface area contributed by atoms with Gasteiger partial charge in [-0.05, 0) is 38.0 Å². The highest BCUT2D eigenvalue weighted by atomic mass is 19.1. The van der Waals surface area contributed by atoms with Crippen LogP contribution < -0.4 is 5.32 Å². The number of ether oxygens (including phenoxy) is 1. The van der Waals surface area contributed by atoms with Crippen LogP contribution in [0.3, 0.4) is 0 Å². The Morgan fingerprint density at radius 1 is 1.48 bits per heavy atom. The second kappa shape index (κ2) is 6.70. The van der Waals surface area contributed by atoms with E-state index in [9.17, 15) is 9.18 Å². The van der Waals surface area contributed by atoms with Crippen LogP contribution in [-0.2, 0) is 4.74 Å². The molecule has 0 aromatic heterocycles. The van der Waals surface area contributed by atoms with Crippen molar-refractivity contribution < 1.29 is 19.0 Å². The number of hydrogen-bond donors (Lipinski definition) is 2. The first-order valence-corrected chi connectivity index (χ1v) is 6.84. The average Bonchev–Trinajstić information content (AvgIpc) is 2.46. The molecule has 0 unspecified atom stereocenters. The summed E-state index contributed by atoms with van der Waals surface area (Å²) in [6.07, 6.45) is 1.40. The maximum Gasteiger partial charge on any atom is 0.254 e. The van der Waals surface area contributed by atoms with Gasteiger partial charge in [-0.2, -0.15) is 0 Å². The minimum atomic E-state index is -0.585. The molecule has 1 fully saturated rings. The molecule has 0 radical (unpaired) electrons. The van der Waals surface area contributed by atoms with Crippen LogP contribution in [0.15, 0.2) is 18.2 Å². The maximum atomic E-state index is 13.8. The highest BCUT2D eigenvalue weighted by Gasteiger charge is 2.30. The fraction of sp³-hybridized carbons (Fsp3) is 0.438. The van der Waals surface area contributed by atoms with Gasteiger partial charge in [-0.1, -0.05) is 11.8 Å². The first-order valence-electron chi connectivity index (χ1n) is 6.84. The van der Waals surface area contributed by atoms with Gasteiger partial charge in [0, 0.05) is 24.3 Å². The summed E-state index contributed by atoms with van der Waals surface area (Å²) < 4.78 is 19.1. The molecule has 1 heterocycles. The summed E-state index contributed by atoms with van der Waals surface area (Å²) in [7, 11) is 0. The van der Waals surface area contributed by atoms with Gasteiger partial charge in [0.2, 0.25) is 0 Å². The van der Waals surface area contributed by atoms with Gasteiger partial charge in [0.05, 0.1) is 5.56 Å². The van der Waals surface area contributed by atoms with Crippen LogP contribution in [-0.4, -0.2) is 36.4 Å². The minimum absolute atomic E-state index is 0.0348. The molecule has 21 heavy (non-hydrogen) atoms. The number of carbonyl (C=O) groups excluding carboxylic acids is 1. The zero-order valence-corrected chi connectivity index (χ0v) is 11.9. The molecule has 1 aromatic rings. The van der Waals surface area contributed by atoms with Crippen LogP contribution in [0.1, 0.15) is 35.7 Å². The Kier molecular flexibility index (Phi) is 4.94. The van der Waals surface area contributed by atoms with E-state index in [-0.39, 0.29) is 17.7 Å². The lowest BCUT2D eigenvalue weighted by atomic mass is 9.92. The molecule has 0 saturated carbocycles. The van der Waals surface area contributed by atoms with E-state index >= 15 is 0 Å². The van der Waals surface area contributed by atoms with E-state index < -0.39 is 11.7 Å². The first-order chi connectivity index (χ1) is 10.0. The van der Waals surface area contributed by atoms with Crippen molar-refractivity contribution in [3.8, 4) is 11.8 Å². The first kappa shape index (κ1) is 15.5. The number of benzene rings is 1. The largest absolute Gasteiger partial charge is 0.384 e. The monoisotopic (exact) mass is 291 g/mol. The van der Waals surface area contributed by atoms with Gasteiger partial charge in [0.15, 0.2) is 0 Å². The van der Waals surface area contributed by atoms with Gasteiger partial charge in [0.1, 0.15) is 12.4 Å². The minimum Gasteiger partial charge on any atom is -0.384 e. The average molecular weight is 291 g/mol. The summed E-state index contributed by atoms with van der Waals surface area (Å²) >= 11 is 0. The molecule has 1 amide bonds. The number of aliphatic hydroxyl groups is 1. The van der Waals surface area contributed by atoms with E-state index in [2.05, 4.69) is 17.2 Å². The van der Waals surface area contributed by atoms with E-state index in [1.54, 1.807) is 0 Å². The Labute approximate surface area is 123 Å². The summed E-state index contributed by atoms with van der Waals surface area (Å²) in [5.41, 5.74) is 0.0781. The number of rotatable bonds is 2. The molecule has 5 heteroatoms. The lowest BCUT2D eigenvalue weighted by Gasteiger charge is -2.34. The Hall–Kier alpha value is -1.90. The predicted molar refractivity (Wildman–Crippen MR) is 76.3 cm³/mol. The third kappa shape index (κ3) is 4.03. The number of carbonyl (C=O) groups is 1. The Bertz CT molecular complexity index is 583. The van der Waals surface area contributed by atoms with Crippen molar-refractivity contribution in [2.75, 3.05) is 19.8 Å². The van der Waals surface area contributed by atoms with Crippen molar-refractivity contribution in [2.24, 2.45) is 0 Å². The smallest absolute Gasteiger partial charge is 0.254 e. The summed E-state index contributed by atoms with van der Waals surface area (Å²) in [5.74, 6) is 4.10. The summed E-state index contributed by atoms with van der Waals surface area (Å²) in [6, 6.07) is 4.09. The third-order valence-electron chi connectivity index (χ3n) is 3.53. The van der Waals surface area contributed by atoms with E-state index in [1.807, 2.05) is 6.92 Å². The Balaban J connectivity index is 2.18. The third-order valence-corrected chi connectivity index (χ3v) is 3.53. The quantitative estimate of drug-likeness (QED) is 0.811. The van der Waals surface area contributed by atoms with Crippen LogP contribution >= 0.6 is 0 Å². The molecule has 0 spiro atoms. The van der Waals surface area contributed by atoms with Crippen molar-refractivity contribution in [3.63, 3.8) is 0 Å². The number of aliphatic hydroxyl groups excluding tert-OH is 1. The molecule has 1 saturated heterocycles. The highest BCUT2D eigenvalue weighted by Crippen LogP contribution is 2.21. The molecule has 1 aliphatic rings. The Morgan fingerprint density at radius 3 is 2.86 bits per heavy atom. The van der Waals surface area contributed by atoms with Gasteiger partial charge in [-0.25, -0.2) is 4.39 Å². The molecule has 4 nitrogen and oxygen atoms in total. The molecular weight excluding hydrogens is 273 g/mol. The van der Waals surface area contributed by atoms with Crippen molar-refractivity contribution in [1.82, 2.24) is 5.32 Å². The van der Waals surface area contributed by atoms with Crippen LogP contribution in [0, 0.1) is 17.7 Å². The highest BCUT2D eigenvalue weighted by molar-refractivity contribution is 5.95. The molecule has 112 valence electrons. The number of halogens is 1. The second-order valence-electron chi connectivity index (χ2n) is 5.28. The SMILES string of the molecule is CC1(NC(=O)c2cc(C#CCO)ccc2F)CCOCC1. The molecule has 0 atom stereocenters. The van der Waals surface area contributed by atoms with Gasteiger partial charge in [-0.15, -0.1) is 0 Å². The summed E-state index contributed by atoms with van der Waals surface area (Å²) in [6.45, 7) is 2.82. The number of hydrogen-bond acceptors (Lipinski definition) is 3. The molecular formula is C16H18FNO3. The zero-order valence-electron chi connectivity index (χ0n) is 11.9. The Morgan fingerprint density at radius 2 is 2.19 bits per heavy atom. The normalized spacial score (nSPS) is 16.7. The van der Waals surface area contributed by atoms with Crippen molar-refractivity contribution in [2.45, 2.75) is 25.3 Å². The molecule has 1 aliphatic heterocycles. The van der Waals surface area contributed by atoms with Gasteiger partial charge < -0.3 is 15.2 Å². The maximum absolute atomic E-state index is 13.8. The van der Waals surface area contributed by atoms with E-state index in [0.29, 0.717) is 31.6 Å². The van der Waals surface area contributed by atoms with Gasteiger partial charge in [0.25, 0.3) is 5.91 Å². The topological polar surface area (TPSA) is 58.6 Å². The summed E-state index contributed by atoms with van der Waals surface area (Å²) in [5, 5.41) is 11.6. The van der Waals surface area contributed by atoms with E-state index in [4.69, 9.17) is 9.84 Å². The van der Waals surface area contributed by atoms with Gasteiger partial charge >= 0.3 is 0 Å². The number of nitrogens with one attached hydrogen (secondary N) is 1. The van der Waals surface area contributed by atoms with E-state index in [0.717, 1.165) is 0 Å². The van der Waals surface area contributed by atoms with Crippen LogP contribution in [0.2, 0.25) is 0 Å². The predicted octanol–water partition coefficient (Wildman–Crippen LogP) is 1.47. The zero-order chi connectivity index (χ0) is 15.3. The van der Waals surface area contributed by atoms with Gasteiger partial charge in [-0.3, -0.25) is 4.79 Å². The molecule has 0 bridgehead atoms. The molecule has 2 N–H and O–H groups in total. The lowest BCUT2D eigenvalue weighted by molar-refractivity contribution is 0.0421. The fourth-order valence-corrected chi connectivity index (χ4v) is 2.21. The molecule has 2 rings (SSSR count). The van der Waals surface area contributed by atoms with E-state index in [1.165, 1.54) is 18.2 Å². The van der Waals surface area contributed by atoms with Crippen molar-refractivity contribution in [1.29, 1.82) is 0 Å². The van der Waals surface area contributed by atoms with Crippen LogP contribution in [0.25, 0.3) is 0 Å². The summed E-state index contributed by atoms with van der Waals surface area (Å²) in [4.78, 5) is 12.3. The van der Waals surface area contributed by atoms with Crippen molar-refractivity contribution >= 4 is 5.91 Å².